The molecule has 0 aliphatic heterocycles. The summed E-state index contributed by atoms with van der Waals surface area (Å²) in [6.45, 7) is 1.85. The van der Waals surface area contributed by atoms with Crippen LogP contribution in [0.5, 0.6) is 5.88 Å². The molecule has 0 spiro atoms. The van der Waals surface area contributed by atoms with Crippen molar-refractivity contribution in [2.45, 2.75) is 11.8 Å². The van der Waals surface area contributed by atoms with Crippen molar-refractivity contribution in [2.24, 2.45) is 0 Å². The second-order valence-electron chi connectivity index (χ2n) is 7.51. The molecule has 0 saturated carbocycles. The van der Waals surface area contributed by atoms with Crippen LogP contribution in [-0.4, -0.2) is 38.1 Å². The summed E-state index contributed by atoms with van der Waals surface area (Å²) >= 11 is 0. The Morgan fingerprint density at radius 3 is 2.56 bits per heavy atom. The van der Waals surface area contributed by atoms with Crippen molar-refractivity contribution >= 4 is 38.4 Å². The van der Waals surface area contributed by atoms with E-state index in [2.05, 4.69) is 14.7 Å². The number of pyridine rings is 2. The number of nitrogen functional groups attached to an aromatic ring is 1. The van der Waals surface area contributed by atoms with E-state index in [1.165, 1.54) is 19.4 Å². The number of sulfonamides is 1. The summed E-state index contributed by atoms with van der Waals surface area (Å²) in [4.78, 5) is 19.8. The van der Waals surface area contributed by atoms with Gasteiger partial charge in [-0.25, -0.2) is 32.0 Å². The maximum atomic E-state index is 14.1. The van der Waals surface area contributed by atoms with Crippen LogP contribution in [0.2, 0.25) is 0 Å². The summed E-state index contributed by atoms with van der Waals surface area (Å²) in [6.07, 6.45) is 1.45. The minimum Gasteiger partial charge on any atom is -0.480 e. The Labute approximate surface area is 204 Å². The number of rotatable bonds is 7. The minimum atomic E-state index is -4.44. The lowest BCUT2D eigenvalue weighted by Gasteiger charge is -2.13. The molecule has 186 valence electrons. The molecule has 0 amide bonds. The van der Waals surface area contributed by atoms with Gasteiger partial charge in [0.25, 0.3) is 10.0 Å². The quantitative estimate of drug-likeness (QED) is 0.352. The zero-order chi connectivity index (χ0) is 26.0. The number of halogens is 2. The molecule has 0 aliphatic carbocycles. The lowest BCUT2D eigenvalue weighted by molar-refractivity contribution is 0.0527. The number of nitrogens with zero attached hydrogens (tertiary/aromatic N) is 2. The molecule has 2 aromatic heterocycles. The van der Waals surface area contributed by atoms with Gasteiger partial charge < -0.3 is 15.2 Å². The average molecular weight is 515 g/mol. The maximum absolute atomic E-state index is 14.1. The van der Waals surface area contributed by atoms with Crippen LogP contribution in [0.3, 0.4) is 0 Å². The highest BCUT2D eigenvalue weighted by Gasteiger charge is 2.22. The monoisotopic (exact) mass is 514 g/mol. The van der Waals surface area contributed by atoms with Crippen LogP contribution in [0, 0.1) is 11.6 Å². The van der Waals surface area contributed by atoms with Crippen molar-refractivity contribution in [3.63, 3.8) is 0 Å². The molecule has 4 aromatic rings. The first-order valence-electron chi connectivity index (χ1n) is 10.5. The fourth-order valence-electron chi connectivity index (χ4n) is 3.48. The topological polar surface area (TPSA) is 134 Å². The first-order chi connectivity index (χ1) is 17.1. The molecule has 2 heterocycles. The second kappa shape index (κ2) is 9.74. The largest absolute Gasteiger partial charge is 0.480 e. The normalized spacial score (nSPS) is 11.3. The van der Waals surface area contributed by atoms with Crippen molar-refractivity contribution in [3.8, 4) is 17.0 Å². The van der Waals surface area contributed by atoms with Gasteiger partial charge in [0, 0.05) is 23.2 Å². The molecule has 2 aromatic carbocycles. The highest BCUT2D eigenvalue weighted by Crippen LogP contribution is 2.32. The first kappa shape index (κ1) is 24.8. The Hall–Kier alpha value is -4.32. The molecule has 0 fully saturated rings. The van der Waals surface area contributed by atoms with E-state index in [0.717, 1.165) is 12.1 Å². The molecule has 12 heteroatoms. The molecule has 36 heavy (non-hydrogen) atoms. The van der Waals surface area contributed by atoms with Crippen molar-refractivity contribution in [2.75, 3.05) is 24.2 Å². The summed E-state index contributed by atoms with van der Waals surface area (Å²) in [5.74, 6) is -2.80. The zero-order valence-electron chi connectivity index (χ0n) is 19.1. The third-order valence-corrected chi connectivity index (χ3v) is 6.54. The molecule has 0 atom stereocenters. The van der Waals surface area contributed by atoms with Crippen LogP contribution >= 0.6 is 0 Å². The molecule has 0 unspecified atom stereocenters. The molecular weight excluding hydrogens is 494 g/mol. The van der Waals surface area contributed by atoms with E-state index in [-0.39, 0.29) is 29.6 Å². The fourth-order valence-corrected chi connectivity index (χ4v) is 4.59. The zero-order valence-corrected chi connectivity index (χ0v) is 19.9. The van der Waals surface area contributed by atoms with Gasteiger partial charge in [-0.05, 0) is 48.9 Å². The Balaban J connectivity index is 1.75. The molecule has 0 aliphatic rings. The third kappa shape index (κ3) is 4.89. The van der Waals surface area contributed by atoms with Gasteiger partial charge in [-0.3, -0.25) is 4.72 Å². The average Bonchev–Trinajstić information content (AvgIpc) is 2.83. The van der Waals surface area contributed by atoms with Crippen LogP contribution in [-0.2, 0) is 14.8 Å². The van der Waals surface area contributed by atoms with E-state index in [9.17, 15) is 22.0 Å². The molecule has 0 saturated heterocycles. The third-order valence-electron chi connectivity index (χ3n) is 5.15. The van der Waals surface area contributed by atoms with Crippen LogP contribution < -0.4 is 15.2 Å². The van der Waals surface area contributed by atoms with Crippen molar-refractivity contribution in [1.82, 2.24) is 9.97 Å². The number of carbonyl (C=O) groups excluding carboxylic acids is 1. The minimum absolute atomic E-state index is 0.0320. The number of anilines is 2. The smallest absolute Gasteiger partial charge is 0.341 e. The maximum Gasteiger partial charge on any atom is 0.341 e. The van der Waals surface area contributed by atoms with Gasteiger partial charge in [0.05, 0.1) is 19.2 Å². The predicted octanol–water partition coefficient (Wildman–Crippen LogP) is 4.14. The molecule has 3 N–H and O–H groups in total. The van der Waals surface area contributed by atoms with Crippen LogP contribution in [0.15, 0.2) is 59.6 Å². The van der Waals surface area contributed by atoms with Gasteiger partial charge in [0.15, 0.2) is 0 Å². The lowest BCUT2D eigenvalue weighted by Crippen LogP contribution is -2.15. The summed E-state index contributed by atoms with van der Waals surface area (Å²) in [7, 11) is -3.15. The number of methoxy groups -OCH3 is 1. The van der Waals surface area contributed by atoms with E-state index in [0.29, 0.717) is 28.1 Å². The molecule has 9 nitrogen and oxygen atoms in total. The lowest BCUT2D eigenvalue weighted by atomic mass is 10.0. The van der Waals surface area contributed by atoms with E-state index in [1.807, 2.05) is 0 Å². The number of benzene rings is 2. The van der Waals surface area contributed by atoms with Crippen molar-refractivity contribution in [3.05, 3.63) is 71.9 Å². The van der Waals surface area contributed by atoms with Crippen LogP contribution in [0.4, 0.5) is 20.3 Å². The van der Waals surface area contributed by atoms with E-state index in [1.54, 1.807) is 31.2 Å². The van der Waals surface area contributed by atoms with E-state index >= 15 is 0 Å². The number of hydrogen-bond acceptors (Lipinski definition) is 8. The summed E-state index contributed by atoms with van der Waals surface area (Å²) in [5, 5.41) is 0.580. The Morgan fingerprint density at radius 1 is 1.08 bits per heavy atom. The number of hydrogen-bond donors (Lipinski definition) is 2. The number of nitrogens with one attached hydrogen (secondary N) is 1. The second-order valence-corrected chi connectivity index (χ2v) is 9.16. The van der Waals surface area contributed by atoms with Crippen LogP contribution in [0.1, 0.15) is 17.3 Å². The fraction of sp³-hybridized carbons (Fsp3) is 0.125. The van der Waals surface area contributed by atoms with Gasteiger partial charge in [0.2, 0.25) is 5.88 Å². The van der Waals surface area contributed by atoms with Gasteiger partial charge in [-0.1, -0.05) is 6.07 Å². The number of fused-ring (bicyclic) bond motifs is 1. The summed E-state index contributed by atoms with van der Waals surface area (Å²) in [6, 6.07) is 10.2. The van der Waals surface area contributed by atoms with Crippen molar-refractivity contribution < 1.29 is 31.5 Å². The molecule has 4 rings (SSSR count). The van der Waals surface area contributed by atoms with Gasteiger partial charge in [0.1, 0.15) is 33.6 Å². The molecular formula is C24H20F2N4O5S. The first-order valence-corrected chi connectivity index (χ1v) is 12.0. The van der Waals surface area contributed by atoms with Gasteiger partial charge in [-0.15, -0.1) is 0 Å². The summed E-state index contributed by atoms with van der Waals surface area (Å²) in [5.41, 5.74) is 7.55. The predicted molar refractivity (Wildman–Crippen MR) is 129 cm³/mol. The number of ether oxygens (including phenoxy) is 2. The number of esters is 1. The number of aromatic nitrogens is 2. The van der Waals surface area contributed by atoms with Gasteiger partial charge >= 0.3 is 5.97 Å². The van der Waals surface area contributed by atoms with E-state index in [4.69, 9.17) is 15.2 Å². The standard InChI is InChI=1S/C24H20F2N4O5S/c1-3-35-24(31)17-9-14-8-13(4-6-19(14)29-22(17)27)15-10-20(23(34-2)28-12-15)30-36(32,33)21-7-5-16(25)11-18(21)26/h4-12,30H,3H2,1-2H3,(H2,27,29). The molecule has 0 bridgehead atoms. The Kier molecular flexibility index (Phi) is 6.71. The highest BCUT2D eigenvalue weighted by molar-refractivity contribution is 7.92. The highest BCUT2D eigenvalue weighted by atomic mass is 32.2. The van der Waals surface area contributed by atoms with Crippen molar-refractivity contribution in [1.29, 1.82) is 0 Å². The van der Waals surface area contributed by atoms with E-state index < -0.39 is 32.5 Å². The SMILES string of the molecule is CCOC(=O)c1cc2cc(-c3cnc(OC)c(NS(=O)(=O)c4ccc(F)cc4F)c3)ccc2nc1N. The number of carbonyl (C=O) groups is 1. The van der Waals surface area contributed by atoms with Crippen LogP contribution in [0.25, 0.3) is 22.0 Å². The van der Waals surface area contributed by atoms with Gasteiger partial charge in [-0.2, -0.15) is 0 Å². The Bertz CT molecular complexity index is 1600. The molecule has 0 radical (unpaired) electrons. The Morgan fingerprint density at radius 2 is 1.86 bits per heavy atom. The number of nitrogens with two attached hydrogens (primary N) is 1. The summed E-state index contributed by atoms with van der Waals surface area (Å²) < 4.78 is 65.4.